The Labute approximate surface area is 167 Å². The van der Waals surface area contributed by atoms with Gasteiger partial charge in [-0.25, -0.2) is 0 Å². The van der Waals surface area contributed by atoms with E-state index in [-0.39, 0.29) is 23.8 Å². The summed E-state index contributed by atoms with van der Waals surface area (Å²) in [6, 6.07) is 11.7. The first-order valence-corrected chi connectivity index (χ1v) is 9.40. The zero-order valence-corrected chi connectivity index (χ0v) is 19.3. The zero-order chi connectivity index (χ0) is 16.5. The van der Waals surface area contributed by atoms with Crippen LogP contribution in [0.5, 0.6) is 0 Å². The Morgan fingerprint density at radius 2 is 1.48 bits per heavy atom. The van der Waals surface area contributed by atoms with Crippen LogP contribution < -0.4 is 5.73 Å². The average Bonchev–Trinajstić information content (AvgIpc) is 2.50. The Bertz CT molecular complexity index is 354. The molecule has 0 saturated carbocycles. The number of benzene rings is 1. The van der Waals surface area contributed by atoms with E-state index in [1.54, 1.807) is 0 Å². The molecule has 4 heteroatoms. The summed E-state index contributed by atoms with van der Waals surface area (Å²) < 4.78 is 0.0833. The molecule has 1 nitrogen and oxygen atoms in total. The maximum Gasteiger partial charge on any atom is 2.00 e. The molecule has 0 spiro atoms. The SMILES string of the molecule is CCCCCCCCCCCCc1[c-]cccc1.NC(=S)[S-].[Zn+2]. The molecular formula is C19H31NS2Zn. The van der Waals surface area contributed by atoms with Gasteiger partial charge in [-0.3, -0.25) is 0 Å². The second-order valence-corrected chi connectivity index (χ2v) is 6.78. The van der Waals surface area contributed by atoms with Crippen LogP contribution in [0.25, 0.3) is 0 Å². The van der Waals surface area contributed by atoms with Crippen LogP contribution in [0.3, 0.4) is 0 Å². The van der Waals surface area contributed by atoms with Crippen molar-refractivity contribution in [3.63, 3.8) is 0 Å². The Morgan fingerprint density at radius 3 is 1.91 bits per heavy atom. The van der Waals surface area contributed by atoms with Crippen molar-refractivity contribution in [3.05, 3.63) is 35.9 Å². The predicted molar refractivity (Wildman–Crippen MR) is 105 cm³/mol. The minimum atomic E-state index is 0. The summed E-state index contributed by atoms with van der Waals surface area (Å²) in [5, 5.41) is 0. The normalized spacial score (nSPS) is 9.43. The van der Waals surface area contributed by atoms with Gasteiger partial charge < -0.3 is 30.6 Å². The van der Waals surface area contributed by atoms with E-state index in [2.05, 4.69) is 55.7 Å². The Hall–Kier alpha value is -0.0466. The number of aryl methyl sites for hydroxylation is 1. The van der Waals surface area contributed by atoms with Crippen LogP contribution in [-0.2, 0) is 38.5 Å². The maximum absolute atomic E-state index is 4.66. The topological polar surface area (TPSA) is 26.0 Å². The smallest absolute Gasteiger partial charge is 0.415 e. The summed E-state index contributed by atoms with van der Waals surface area (Å²) in [5.41, 5.74) is 6.03. The van der Waals surface area contributed by atoms with Gasteiger partial charge in [0.15, 0.2) is 0 Å². The van der Waals surface area contributed by atoms with E-state index < -0.39 is 0 Å². The predicted octanol–water partition coefficient (Wildman–Crippen LogP) is 5.72. The van der Waals surface area contributed by atoms with E-state index in [0.29, 0.717) is 0 Å². The van der Waals surface area contributed by atoms with Crippen molar-refractivity contribution in [1.82, 2.24) is 0 Å². The molecule has 0 aliphatic rings. The largest absolute Gasteiger partial charge is 2.00 e. The molecule has 126 valence electrons. The third-order valence-electron chi connectivity index (χ3n) is 3.57. The summed E-state index contributed by atoms with van der Waals surface area (Å²) in [6.07, 6.45) is 15.3. The van der Waals surface area contributed by atoms with Crippen molar-refractivity contribution < 1.29 is 19.5 Å². The molecule has 0 saturated heterocycles. The van der Waals surface area contributed by atoms with Crippen LogP contribution in [0.15, 0.2) is 24.3 Å². The van der Waals surface area contributed by atoms with Gasteiger partial charge in [0.1, 0.15) is 0 Å². The molecule has 0 aliphatic carbocycles. The van der Waals surface area contributed by atoms with Gasteiger partial charge >= 0.3 is 19.5 Å². The molecule has 1 rings (SSSR count). The fraction of sp³-hybridized carbons (Fsp3) is 0.632. The van der Waals surface area contributed by atoms with Gasteiger partial charge in [-0.2, -0.15) is 35.9 Å². The first-order valence-electron chi connectivity index (χ1n) is 8.58. The molecule has 0 amide bonds. The van der Waals surface area contributed by atoms with E-state index in [0.717, 1.165) is 0 Å². The molecule has 2 N–H and O–H groups in total. The van der Waals surface area contributed by atoms with E-state index >= 15 is 0 Å². The van der Waals surface area contributed by atoms with Crippen molar-refractivity contribution in [2.75, 3.05) is 0 Å². The molecule has 0 atom stereocenters. The van der Waals surface area contributed by atoms with Crippen LogP contribution >= 0.6 is 12.2 Å². The van der Waals surface area contributed by atoms with Gasteiger partial charge in [0, 0.05) is 0 Å². The summed E-state index contributed by atoms with van der Waals surface area (Å²) in [7, 11) is 0. The molecule has 0 radical (unpaired) electrons. The third kappa shape index (κ3) is 22.0. The summed E-state index contributed by atoms with van der Waals surface area (Å²) in [4.78, 5) is 0. The molecule has 0 bridgehead atoms. The summed E-state index contributed by atoms with van der Waals surface area (Å²) >= 11 is 8.26. The van der Waals surface area contributed by atoms with E-state index in [1.807, 2.05) is 12.1 Å². The van der Waals surface area contributed by atoms with Crippen molar-refractivity contribution in [3.8, 4) is 0 Å². The standard InChI is InChI=1S/C18H29.CH3NS2.Zn/c1-2-3-4-5-6-7-8-9-10-12-15-18-16-13-11-14-17-18;2-1(3)4;/h11,13-14,16H,2-10,12,15H2,1H3;(H3,2,3,4);/q-1;;+2/p-1. The van der Waals surface area contributed by atoms with Gasteiger partial charge in [-0.05, 0) is 0 Å². The zero-order valence-electron chi connectivity index (χ0n) is 14.7. The molecule has 0 fully saturated rings. The molecule has 1 aromatic carbocycles. The molecule has 0 aliphatic heterocycles. The Balaban J connectivity index is 0. The maximum atomic E-state index is 4.66. The second kappa shape index (κ2) is 20.0. The number of hydrogen-bond donors (Lipinski definition) is 1. The first-order chi connectivity index (χ1) is 10.7. The van der Waals surface area contributed by atoms with Crippen LogP contribution in [0.2, 0.25) is 0 Å². The van der Waals surface area contributed by atoms with E-state index in [4.69, 9.17) is 0 Å². The molecule has 0 unspecified atom stereocenters. The molecular weight excluding hydrogens is 372 g/mol. The average molecular weight is 403 g/mol. The van der Waals surface area contributed by atoms with Gasteiger partial charge in [0.05, 0.1) is 0 Å². The Kier molecular flexibility index (Phi) is 21.9. The minimum absolute atomic E-state index is 0. The number of unbranched alkanes of at least 4 members (excludes halogenated alkanes) is 9. The summed E-state index contributed by atoms with van der Waals surface area (Å²) in [6.45, 7) is 2.28. The second-order valence-electron chi connectivity index (χ2n) is 5.64. The quantitative estimate of drug-likeness (QED) is 0.168. The number of hydrogen-bond acceptors (Lipinski definition) is 2. The molecule has 0 aromatic heterocycles. The summed E-state index contributed by atoms with van der Waals surface area (Å²) in [5.74, 6) is 0. The Morgan fingerprint density at radius 1 is 1.00 bits per heavy atom. The van der Waals surface area contributed by atoms with Gasteiger partial charge in [0.25, 0.3) is 0 Å². The van der Waals surface area contributed by atoms with Crippen LogP contribution in [0, 0.1) is 6.07 Å². The number of thiocarbonyl (C=S) groups is 1. The van der Waals surface area contributed by atoms with Crippen molar-refractivity contribution in [2.45, 2.75) is 77.6 Å². The van der Waals surface area contributed by atoms with Gasteiger partial charge in [0.2, 0.25) is 0 Å². The van der Waals surface area contributed by atoms with E-state index in [1.165, 1.54) is 76.2 Å². The van der Waals surface area contributed by atoms with Crippen molar-refractivity contribution in [1.29, 1.82) is 0 Å². The first kappa shape index (κ1) is 25.2. The van der Waals surface area contributed by atoms with Crippen LogP contribution in [0.4, 0.5) is 0 Å². The number of nitrogens with two attached hydrogens (primary N) is 1. The van der Waals surface area contributed by atoms with Crippen LogP contribution in [-0.4, -0.2) is 4.32 Å². The fourth-order valence-electron chi connectivity index (χ4n) is 2.39. The van der Waals surface area contributed by atoms with Gasteiger partial charge in [-0.15, -0.1) is 0 Å². The molecule has 0 heterocycles. The van der Waals surface area contributed by atoms with Gasteiger partial charge in [-0.1, -0.05) is 81.9 Å². The molecule has 1 aromatic rings. The monoisotopic (exact) mass is 401 g/mol. The van der Waals surface area contributed by atoms with Crippen molar-refractivity contribution in [2.24, 2.45) is 5.73 Å². The third-order valence-corrected chi connectivity index (χ3v) is 3.57. The number of rotatable bonds is 11. The van der Waals surface area contributed by atoms with E-state index in [9.17, 15) is 0 Å². The van der Waals surface area contributed by atoms with Crippen molar-refractivity contribution >= 4 is 29.2 Å². The van der Waals surface area contributed by atoms with Crippen LogP contribution in [0.1, 0.15) is 76.7 Å². The molecule has 23 heavy (non-hydrogen) atoms. The minimum Gasteiger partial charge on any atom is -0.415 e. The fourth-order valence-corrected chi connectivity index (χ4v) is 2.39.